The molecule has 0 aliphatic rings. The molecular weight excluding hydrogens is 206 g/mol. The Bertz CT molecular complexity index is 313. The number of carbonyl (C=O) groups excluding carboxylic acids is 1. The first-order valence-electron chi connectivity index (χ1n) is 5.29. The van der Waals surface area contributed by atoms with E-state index in [2.05, 4.69) is 0 Å². The first-order valence-corrected chi connectivity index (χ1v) is 5.29. The van der Waals surface area contributed by atoms with E-state index in [0.717, 1.165) is 5.75 Å². The van der Waals surface area contributed by atoms with Crippen LogP contribution < -0.4 is 10.5 Å². The Kier molecular flexibility index (Phi) is 5.36. The summed E-state index contributed by atoms with van der Waals surface area (Å²) in [4.78, 5) is 10.9. The fourth-order valence-electron chi connectivity index (χ4n) is 1.19. The van der Waals surface area contributed by atoms with Gasteiger partial charge in [0.1, 0.15) is 11.9 Å². The minimum atomic E-state index is -0.382. The van der Waals surface area contributed by atoms with Crippen molar-refractivity contribution in [3.8, 4) is 5.75 Å². The van der Waals surface area contributed by atoms with Gasteiger partial charge in [-0.05, 0) is 19.1 Å². The zero-order valence-electron chi connectivity index (χ0n) is 9.39. The van der Waals surface area contributed by atoms with E-state index in [0.29, 0.717) is 13.0 Å². The van der Waals surface area contributed by atoms with Crippen LogP contribution in [0.25, 0.3) is 0 Å². The third-order valence-corrected chi connectivity index (χ3v) is 2.04. The van der Waals surface area contributed by atoms with Crippen molar-refractivity contribution in [2.24, 2.45) is 5.73 Å². The van der Waals surface area contributed by atoms with Gasteiger partial charge in [0, 0.05) is 6.42 Å². The molecule has 1 atom stereocenters. The summed E-state index contributed by atoms with van der Waals surface area (Å²) in [5.41, 5.74) is 5.13. The first kappa shape index (κ1) is 12.5. The van der Waals surface area contributed by atoms with Crippen molar-refractivity contribution < 1.29 is 14.3 Å². The molecule has 1 rings (SSSR count). The number of para-hydroxylation sites is 1. The second-order valence-electron chi connectivity index (χ2n) is 3.45. The number of esters is 1. The largest absolute Gasteiger partial charge is 0.493 e. The number of nitrogens with two attached hydrogens (primary N) is 1. The maximum atomic E-state index is 10.9. The minimum Gasteiger partial charge on any atom is -0.493 e. The molecule has 4 nitrogen and oxygen atoms in total. The fourth-order valence-corrected chi connectivity index (χ4v) is 1.19. The van der Waals surface area contributed by atoms with Crippen LogP contribution in [0.2, 0.25) is 0 Å². The molecular formula is C12H17NO3. The van der Waals surface area contributed by atoms with Crippen LogP contribution in [0.5, 0.6) is 5.75 Å². The fraction of sp³-hybridized carbons (Fsp3) is 0.417. The van der Waals surface area contributed by atoms with Crippen LogP contribution in [0, 0.1) is 0 Å². The predicted octanol–water partition coefficient (Wildman–Crippen LogP) is 1.35. The Balaban J connectivity index is 2.18. The molecule has 0 aliphatic carbocycles. The van der Waals surface area contributed by atoms with Crippen LogP contribution in [0.15, 0.2) is 30.3 Å². The monoisotopic (exact) mass is 223 g/mol. The Morgan fingerprint density at radius 1 is 1.38 bits per heavy atom. The summed E-state index contributed by atoms with van der Waals surface area (Å²) in [6.45, 7) is 2.26. The van der Waals surface area contributed by atoms with Crippen molar-refractivity contribution in [3.05, 3.63) is 30.3 Å². The molecule has 0 radical (unpaired) electrons. The summed E-state index contributed by atoms with van der Waals surface area (Å²) >= 11 is 0. The number of hydrogen-bond acceptors (Lipinski definition) is 4. The van der Waals surface area contributed by atoms with Gasteiger partial charge in [-0.15, -0.1) is 0 Å². The van der Waals surface area contributed by atoms with Crippen molar-refractivity contribution in [2.75, 3.05) is 13.2 Å². The number of carbonyl (C=O) groups is 1. The molecule has 0 aliphatic heterocycles. The quantitative estimate of drug-likeness (QED) is 0.739. The van der Waals surface area contributed by atoms with Gasteiger partial charge in [-0.1, -0.05) is 18.2 Å². The van der Waals surface area contributed by atoms with E-state index in [1.807, 2.05) is 37.3 Å². The van der Waals surface area contributed by atoms with E-state index < -0.39 is 0 Å². The van der Waals surface area contributed by atoms with Crippen molar-refractivity contribution in [3.63, 3.8) is 0 Å². The first-order chi connectivity index (χ1) is 7.72. The van der Waals surface area contributed by atoms with Crippen molar-refractivity contribution in [1.29, 1.82) is 0 Å². The van der Waals surface area contributed by atoms with E-state index >= 15 is 0 Å². The van der Waals surface area contributed by atoms with Gasteiger partial charge in [0.05, 0.1) is 13.2 Å². The third kappa shape index (κ3) is 4.79. The Hall–Kier alpha value is -1.55. The maximum Gasteiger partial charge on any atom is 0.319 e. The molecule has 0 heterocycles. The molecule has 0 bridgehead atoms. The van der Waals surface area contributed by atoms with E-state index in [9.17, 15) is 4.79 Å². The van der Waals surface area contributed by atoms with Crippen LogP contribution in [0.4, 0.5) is 0 Å². The van der Waals surface area contributed by atoms with Gasteiger partial charge in [-0.2, -0.15) is 0 Å². The molecule has 0 spiro atoms. The second-order valence-corrected chi connectivity index (χ2v) is 3.45. The normalized spacial score (nSPS) is 11.9. The van der Waals surface area contributed by atoms with Gasteiger partial charge in [0.15, 0.2) is 0 Å². The summed E-state index contributed by atoms with van der Waals surface area (Å²) in [6, 6.07) is 9.52. The van der Waals surface area contributed by atoms with Crippen LogP contribution in [-0.4, -0.2) is 25.2 Å². The number of hydrogen-bond donors (Lipinski definition) is 1. The maximum absolute atomic E-state index is 10.9. The number of ether oxygens (including phenoxy) is 2. The predicted molar refractivity (Wildman–Crippen MR) is 61.2 cm³/mol. The summed E-state index contributed by atoms with van der Waals surface area (Å²) in [5, 5.41) is 0. The van der Waals surface area contributed by atoms with Gasteiger partial charge in [-0.25, -0.2) is 0 Å². The highest BCUT2D eigenvalue weighted by atomic mass is 16.5. The lowest BCUT2D eigenvalue weighted by atomic mass is 10.3. The molecule has 0 amide bonds. The smallest absolute Gasteiger partial charge is 0.319 e. The Morgan fingerprint density at radius 2 is 2.06 bits per heavy atom. The lowest BCUT2D eigenvalue weighted by Crippen LogP contribution is -2.23. The van der Waals surface area contributed by atoms with Crippen molar-refractivity contribution in [2.45, 2.75) is 19.4 Å². The van der Waals surface area contributed by atoms with Crippen molar-refractivity contribution >= 4 is 5.97 Å². The van der Waals surface area contributed by atoms with E-state index in [4.69, 9.17) is 15.2 Å². The zero-order valence-corrected chi connectivity index (χ0v) is 9.39. The number of rotatable bonds is 6. The van der Waals surface area contributed by atoms with Crippen molar-refractivity contribution in [1.82, 2.24) is 0 Å². The molecule has 1 unspecified atom stereocenters. The highest BCUT2D eigenvalue weighted by Gasteiger charge is 2.07. The summed E-state index contributed by atoms with van der Waals surface area (Å²) in [7, 11) is 0. The standard InChI is InChI=1S/C12H17NO3/c1-10(16-12(14)9-13)7-8-15-11-5-3-2-4-6-11/h2-6,10H,7-9,13H2,1H3. The average molecular weight is 223 g/mol. The minimum absolute atomic E-state index is 0.0795. The second kappa shape index (κ2) is 6.85. The zero-order chi connectivity index (χ0) is 11.8. The lowest BCUT2D eigenvalue weighted by molar-refractivity contribution is -0.146. The van der Waals surface area contributed by atoms with Gasteiger partial charge in [0.2, 0.25) is 0 Å². The lowest BCUT2D eigenvalue weighted by Gasteiger charge is -2.13. The van der Waals surface area contributed by atoms with Crippen LogP contribution in [0.3, 0.4) is 0 Å². The Morgan fingerprint density at radius 3 is 2.69 bits per heavy atom. The van der Waals surface area contributed by atoms with E-state index in [1.54, 1.807) is 0 Å². The summed E-state index contributed by atoms with van der Waals surface area (Å²) in [5.74, 6) is 0.437. The third-order valence-electron chi connectivity index (χ3n) is 2.04. The summed E-state index contributed by atoms with van der Waals surface area (Å²) < 4.78 is 10.5. The molecule has 0 fully saturated rings. The molecule has 88 valence electrons. The van der Waals surface area contributed by atoms with Gasteiger partial charge >= 0.3 is 5.97 Å². The molecule has 1 aromatic carbocycles. The van der Waals surface area contributed by atoms with Gasteiger partial charge in [-0.3, -0.25) is 4.79 Å². The van der Waals surface area contributed by atoms with Crippen LogP contribution in [-0.2, 0) is 9.53 Å². The van der Waals surface area contributed by atoms with Gasteiger partial charge < -0.3 is 15.2 Å². The molecule has 1 aromatic rings. The highest BCUT2D eigenvalue weighted by Crippen LogP contribution is 2.09. The molecule has 4 heteroatoms. The van der Waals surface area contributed by atoms with Crippen LogP contribution >= 0.6 is 0 Å². The van der Waals surface area contributed by atoms with Gasteiger partial charge in [0.25, 0.3) is 0 Å². The van der Waals surface area contributed by atoms with Crippen LogP contribution in [0.1, 0.15) is 13.3 Å². The molecule has 2 N–H and O–H groups in total. The molecule has 0 saturated heterocycles. The summed E-state index contributed by atoms with van der Waals surface area (Å²) in [6.07, 6.45) is 0.487. The molecule has 0 saturated carbocycles. The molecule has 16 heavy (non-hydrogen) atoms. The van der Waals surface area contributed by atoms with E-state index in [1.165, 1.54) is 0 Å². The molecule has 0 aromatic heterocycles. The van der Waals surface area contributed by atoms with E-state index in [-0.39, 0.29) is 18.6 Å². The SMILES string of the molecule is CC(CCOc1ccccc1)OC(=O)CN. The highest BCUT2D eigenvalue weighted by molar-refractivity contribution is 5.71. The Labute approximate surface area is 95.3 Å². The number of benzene rings is 1. The topological polar surface area (TPSA) is 61.5 Å². The average Bonchev–Trinajstić information content (AvgIpc) is 2.30.